The van der Waals surface area contributed by atoms with Crippen molar-refractivity contribution in [1.82, 2.24) is 4.98 Å². The maximum absolute atomic E-state index is 10.7. The summed E-state index contributed by atoms with van der Waals surface area (Å²) >= 11 is 4.70. The van der Waals surface area contributed by atoms with Gasteiger partial charge in [0.15, 0.2) is 0 Å². The third kappa shape index (κ3) is 3.65. The van der Waals surface area contributed by atoms with Crippen molar-refractivity contribution in [3.05, 3.63) is 39.1 Å². The van der Waals surface area contributed by atoms with Crippen LogP contribution in [0.3, 0.4) is 0 Å². The maximum Gasteiger partial charge on any atom is 1.00 e. The van der Waals surface area contributed by atoms with Crippen LogP contribution in [-0.4, -0.2) is 11.0 Å². The molecule has 0 bridgehead atoms. The molecule has 18 heavy (non-hydrogen) atoms. The van der Waals surface area contributed by atoms with E-state index < -0.39 is 11.9 Å². The number of carbonyl (C=O) groups excluding carboxylic acids is 1. The Balaban J connectivity index is 0.00000162. The number of halogens is 1. The number of hydrogen-bond donors (Lipinski definition) is 0. The summed E-state index contributed by atoms with van der Waals surface area (Å²) in [6.07, 6.45) is 0. The van der Waals surface area contributed by atoms with Gasteiger partial charge in [-0.25, -0.2) is 4.98 Å². The van der Waals surface area contributed by atoms with E-state index in [0.717, 1.165) is 15.7 Å². The standard InChI is InChI=1S/C12H10BrNO2S.Na/c1-7(12(15)16)11-14-10(6-17-11)8-2-4-9(13)5-3-8;/h2-7H,1H3,(H,15,16);/q;+1/p-1. The van der Waals surface area contributed by atoms with Crippen molar-refractivity contribution in [3.8, 4) is 11.3 Å². The molecule has 0 amide bonds. The van der Waals surface area contributed by atoms with Crippen LogP contribution in [-0.2, 0) is 4.79 Å². The van der Waals surface area contributed by atoms with Crippen molar-refractivity contribution in [2.75, 3.05) is 0 Å². The van der Waals surface area contributed by atoms with Crippen molar-refractivity contribution < 1.29 is 39.5 Å². The molecule has 0 spiro atoms. The minimum Gasteiger partial charge on any atom is -0.549 e. The number of aromatic nitrogens is 1. The summed E-state index contributed by atoms with van der Waals surface area (Å²) in [6.45, 7) is 1.58. The van der Waals surface area contributed by atoms with Gasteiger partial charge in [0.05, 0.1) is 11.7 Å². The smallest absolute Gasteiger partial charge is 0.549 e. The van der Waals surface area contributed by atoms with Crippen LogP contribution < -0.4 is 34.7 Å². The number of aliphatic carboxylic acids is 1. The first-order valence-corrected chi connectivity index (χ1v) is 6.67. The van der Waals surface area contributed by atoms with E-state index in [1.54, 1.807) is 6.92 Å². The van der Waals surface area contributed by atoms with Gasteiger partial charge < -0.3 is 9.90 Å². The van der Waals surface area contributed by atoms with Crippen LogP contribution in [0.2, 0.25) is 0 Å². The van der Waals surface area contributed by atoms with Crippen molar-refractivity contribution in [3.63, 3.8) is 0 Å². The van der Waals surface area contributed by atoms with Crippen molar-refractivity contribution in [2.45, 2.75) is 12.8 Å². The van der Waals surface area contributed by atoms with Gasteiger partial charge in [-0.15, -0.1) is 11.3 Å². The summed E-state index contributed by atoms with van der Waals surface area (Å²) in [6, 6.07) is 7.73. The van der Waals surface area contributed by atoms with Crippen LogP contribution in [0.1, 0.15) is 17.8 Å². The Morgan fingerprint density at radius 3 is 2.56 bits per heavy atom. The predicted octanol–water partition coefficient (Wildman–Crippen LogP) is -0.570. The Morgan fingerprint density at radius 2 is 2.00 bits per heavy atom. The average Bonchev–Trinajstić information content (AvgIpc) is 2.78. The Kier molecular flexibility index (Phi) is 6.01. The molecule has 2 aromatic rings. The number of carboxylic acids is 1. The van der Waals surface area contributed by atoms with Gasteiger partial charge in [-0.2, -0.15) is 0 Å². The van der Waals surface area contributed by atoms with Gasteiger partial charge in [-0.05, 0) is 12.1 Å². The predicted molar refractivity (Wildman–Crippen MR) is 68.7 cm³/mol. The molecule has 2 rings (SSSR count). The summed E-state index contributed by atoms with van der Waals surface area (Å²) in [5.41, 5.74) is 1.77. The third-order valence-corrected chi connectivity index (χ3v) is 3.94. The number of benzene rings is 1. The Bertz CT molecular complexity index is 541. The molecule has 88 valence electrons. The zero-order valence-corrected chi connectivity index (χ0v) is 14.4. The Labute approximate surface area is 140 Å². The van der Waals surface area contributed by atoms with Crippen molar-refractivity contribution >= 4 is 33.2 Å². The molecule has 0 aliphatic rings. The van der Waals surface area contributed by atoms with E-state index >= 15 is 0 Å². The third-order valence-electron chi connectivity index (χ3n) is 2.39. The molecule has 1 atom stereocenters. The molecular weight excluding hydrogens is 325 g/mol. The van der Waals surface area contributed by atoms with Gasteiger partial charge >= 0.3 is 29.6 Å². The summed E-state index contributed by atoms with van der Waals surface area (Å²) in [4.78, 5) is 15.1. The van der Waals surface area contributed by atoms with E-state index in [4.69, 9.17) is 0 Å². The fraction of sp³-hybridized carbons (Fsp3) is 0.167. The molecule has 0 saturated carbocycles. The van der Waals surface area contributed by atoms with Gasteiger partial charge in [-0.3, -0.25) is 0 Å². The molecule has 1 aromatic carbocycles. The zero-order valence-electron chi connectivity index (χ0n) is 10.0. The van der Waals surface area contributed by atoms with Crippen LogP contribution in [0.4, 0.5) is 0 Å². The van der Waals surface area contributed by atoms with Gasteiger partial charge in [0.2, 0.25) is 0 Å². The Hall–Kier alpha value is -0.200. The SMILES string of the molecule is CC(C(=O)[O-])c1nc(-c2ccc(Br)cc2)cs1.[Na+]. The van der Waals surface area contributed by atoms with Crippen LogP contribution in [0.25, 0.3) is 11.3 Å². The number of thiazole rings is 1. The van der Waals surface area contributed by atoms with E-state index in [2.05, 4.69) is 20.9 Å². The first-order chi connectivity index (χ1) is 8.08. The van der Waals surface area contributed by atoms with Gasteiger partial charge in [0.25, 0.3) is 0 Å². The van der Waals surface area contributed by atoms with E-state index in [9.17, 15) is 9.90 Å². The summed E-state index contributed by atoms with van der Waals surface area (Å²) in [5, 5.41) is 13.2. The minimum atomic E-state index is -1.10. The summed E-state index contributed by atoms with van der Waals surface area (Å²) in [7, 11) is 0. The van der Waals surface area contributed by atoms with Crippen molar-refractivity contribution in [2.24, 2.45) is 0 Å². The number of carbonyl (C=O) groups is 1. The molecule has 0 N–H and O–H groups in total. The molecule has 0 radical (unpaired) electrons. The van der Waals surface area contributed by atoms with Crippen LogP contribution in [0.15, 0.2) is 34.1 Å². The average molecular weight is 334 g/mol. The van der Waals surface area contributed by atoms with E-state index in [1.165, 1.54) is 11.3 Å². The number of carboxylic acid groups (broad SMARTS) is 1. The molecule has 1 unspecified atom stereocenters. The molecule has 1 aromatic heterocycles. The molecular formula is C12H9BrNNaO2S. The molecule has 0 aliphatic heterocycles. The zero-order chi connectivity index (χ0) is 12.4. The fourth-order valence-corrected chi connectivity index (χ4v) is 2.48. The summed E-state index contributed by atoms with van der Waals surface area (Å²) in [5.74, 6) is -1.76. The normalized spacial score (nSPS) is 11.7. The molecule has 0 aliphatic carbocycles. The second-order valence-electron chi connectivity index (χ2n) is 3.62. The second kappa shape index (κ2) is 6.82. The number of nitrogens with zero attached hydrogens (tertiary/aromatic N) is 1. The van der Waals surface area contributed by atoms with Gasteiger partial charge in [0.1, 0.15) is 5.01 Å². The molecule has 1 heterocycles. The molecule has 0 saturated heterocycles. The largest absolute Gasteiger partial charge is 1.00 e. The number of hydrogen-bond acceptors (Lipinski definition) is 4. The van der Waals surface area contributed by atoms with Gasteiger partial charge in [-0.1, -0.05) is 35.0 Å². The van der Waals surface area contributed by atoms with Crippen LogP contribution >= 0.6 is 27.3 Å². The van der Waals surface area contributed by atoms with Gasteiger partial charge in [0, 0.05) is 21.3 Å². The Morgan fingerprint density at radius 1 is 1.39 bits per heavy atom. The first-order valence-electron chi connectivity index (χ1n) is 5.00. The summed E-state index contributed by atoms with van der Waals surface area (Å²) < 4.78 is 1.000. The van der Waals surface area contributed by atoms with E-state index in [0.29, 0.717) is 5.01 Å². The molecule has 6 heteroatoms. The molecule has 3 nitrogen and oxygen atoms in total. The van der Waals surface area contributed by atoms with Crippen molar-refractivity contribution in [1.29, 1.82) is 0 Å². The first kappa shape index (κ1) is 15.9. The monoisotopic (exact) mass is 333 g/mol. The maximum atomic E-state index is 10.7. The topological polar surface area (TPSA) is 53.0 Å². The quantitative estimate of drug-likeness (QED) is 0.707. The van der Waals surface area contributed by atoms with Crippen LogP contribution in [0, 0.1) is 0 Å². The molecule has 0 fully saturated rings. The number of rotatable bonds is 3. The van der Waals surface area contributed by atoms with E-state index in [-0.39, 0.29) is 29.6 Å². The minimum absolute atomic E-state index is 0. The second-order valence-corrected chi connectivity index (χ2v) is 5.42. The van der Waals surface area contributed by atoms with E-state index in [1.807, 2.05) is 29.6 Å². The van der Waals surface area contributed by atoms with Crippen LogP contribution in [0.5, 0.6) is 0 Å². The fourth-order valence-electron chi connectivity index (χ4n) is 1.34.